The fraction of sp³-hybridized carbons (Fsp3) is 0.176. The van der Waals surface area contributed by atoms with Crippen molar-refractivity contribution >= 4 is 38.0 Å². The maximum atomic E-state index is 16.6. The van der Waals surface area contributed by atoms with E-state index in [-0.39, 0.29) is 18.3 Å². The van der Waals surface area contributed by atoms with Gasteiger partial charge in [0.2, 0.25) is 0 Å². The van der Waals surface area contributed by atoms with Crippen LogP contribution >= 0.6 is 0 Å². The summed E-state index contributed by atoms with van der Waals surface area (Å²) in [5, 5.41) is 6.04. The van der Waals surface area contributed by atoms with Crippen LogP contribution in [0.2, 0.25) is 0 Å². The normalized spacial score (nSPS) is 14.3. The van der Waals surface area contributed by atoms with Crippen molar-refractivity contribution in [3.63, 3.8) is 0 Å². The maximum Gasteiger partial charge on any atom is 0.416 e. The fourth-order valence-electron chi connectivity index (χ4n) is 6.05. The van der Waals surface area contributed by atoms with Crippen LogP contribution in [0.5, 0.6) is 5.75 Å². The van der Waals surface area contributed by atoms with Gasteiger partial charge in [0.05, 0.1) is 5.56 Å². The van der Waals surface area contributed by atoms with E-state index in [9.17, 15) is 13.2 Å². The van der Waals surface area contributed by atoms with Gasteiger partial charge in [-0.05, 0) is 92.5 Å². The quantitative estimate of drug-likeness (QED) is 0.134. The minimum atomic E-state index is -4.46. The largest absolute Gasteiger partial charge is 0.486 e. The predicted molar refractivity (Wildman–Crippen MR) is 152 cm³/mol. The fourth-order valence-corrected chi connectivity index (χ4v) is 6.05. The van der Waals surface area contributed by atoms with Gasteiger partial charge in [0, 0.05) is 16.8 Å². The molecule has 200 valence electrons. The minimum Gasteiger partial charge on any atom is -0.486 e. The number of hydrogen-bond donors (Lipinski definition) is 1. The van der Waals surface area contributed by atoms with Gasteiger partial charge in [0.15, 0.2) is 11.6 Å². The molecule has 0 bridgehead atoms. The van der Waals surface area contributed by atoms with Gasteiger partial charge in [0.25, 0.3) is 0 Å². The molecule has 6 aromatic carbocycles. The molecule has 0 unspecified atom stereocenters. The zero-order valence-corrected chi connectivity index (χ0v) is 21.5. The van der Waals surface area contributed by atoms with E-state index in [4.69, 9.17) is 10.5 Å². The van der Waals surface area contributed by atoms with Crippen molar-refractivity contribution in [1.82, 2.24) is 0 Å². The Morgan fingerprint density at radius 1 is 0.775 bits per heavy atom. The van der Waals surface area contributed by atoms with Gasteiger partial charge in [-0.3, -0.25) is 0 Å². The molecular weight excluding hydrogens is 514 g/mol. The van der Waals surface area contributed by atoms with Crippen LogP contribution in [0, 0.1) is 5.82 Å². The lowest BCUT2D eigenvalue weighted by Crippen LogP contribution is -2.12. The van der Waals surface area contributed by atoms with Crippen molar-refractivity contribution in [3.8, 4) is 16.9 Å². The second kappa shape index (κ2) is 9.12. The smallest absolute Gasteiger partial charge is 0.416 e. The van der Waals surface area contributed by atoms with Gasteiger partial charge < -0.3 is 10.5 Å². The Hall–Kier alpha value is -4.32. The van der Waals surface area contributed by atoms with E-state index in [0.29, 0.717) is 16.8 Å². The molecular formula is C34H25F4NO. The third kappa shape index (κ3) is 4.01. The van der Waals surface area contributed by atoms with E-state index in [1.165, 1.54) is 6.07 Å². The zero-order chi connectivity index (χ0) is 27.6. The number of halogens is 4. The molecule has 40 heavy (non-hydrogen) atoms. The van der Waals surface area contributed by atoms with Gasteiger partial charge >= 0.3 is 6.18 Å². The van der Waals surface area contributed by atoms with Gasteiger partial charge in [0.1, 0.15) is 6.61 Å². The molecule has 7 rings (SSSR count). The third-order valence-electron chi connectivity index (χ3n) is 8.20. The summed E-state index contributed by atoms with van der Waals surface area (Å²) in [7, 11) is 0. The summed E-state index contributed by atoms with van der Waals surface area (Å²) in [5.41, 5.74) is 8.29. The van der Waals surface area contributed by atoms with E-state index < -0.39 is 17.6 Å². The lowest BCUT2D eigenvalue weighted by molar-refractivity contribution is -0.137. The molecule has 6 aromatic rings. The highest BCUT2D eigenvalue weighted by molar-refractivity contribution is 6.26. The summed E-state index contributed by atoms with van der Waals surface area (Å²) in [4.78, 5) is 0. The number of benzene rings is 6. The lowest BCUT2D eigenvalue weighted by Gasteiger charge is -2.28. The number of anilines is 1. The Kier molecular flexibility index (Phi) is 5.63. The first-order valence-electron chi connectivity index (χ1n) is 13.4. The monoisotopic (exact) mass is 539 g/mol. The summed E-state index contributed by atoms with van der Waals surface area (Å²) in [6, 6.07) is 24.6. The van der Waals surface area contributed by atoms with Gasteiger partial charge in [-0.2, -0.15) is 13.2 Å². The molecule has 2 N–H and O–H groups in total. The van der Waals surface area contributed by atoms with Crippen LogP contribution in [0.15, 0.2) is 84.9 Å². The molecule has 1 saturated carbocycles. The van der Waals surface area contributed by atoms with Crippen molar-refractivity contribution < 1.29 is 22.3 Å². The Balaban J connectivity index is 1.39. The number of rotatable bonds is 5. The molecule has 0 aliphatic heterocycles. The number of nitrogens with two attached hydrogens (primary N) is 1. The molecule has 1 aliphatic rings. The van der Waals surface area contributed by atoms with E-state index in [1.807, 2.05) is 60.7 Å². The minimum absolute atomic E-state index is 0.115. The van der Waals surface area contributed by atoms with Gasteiger partial charge in [-0.15, -0.1) is 0 Å². The molecule has 1 fully saturated rings. The van der Waals surface area contributed by atoms with E-state index in [2.05, 4.69) is 0 Å². The molecule has 0 radical (unpaired) electrons. The van der Waals surface area contributed by atoms with E-state index >= 15 is 4.39 Å². The van der Waals surface area contributed by atoms with E-state index in [0.717, 1.165) is 74.8 Å². The first-order valence-corrected chi connectivity index (χ1v) is 13.4. The molecule has 1 aliphatic carbocycles. The summed E-state index contributed by atoms with van der Waals surface area (Å²) >= 11 is 0. The molecule has 2 nitrogen and oxygen atoms in total. The third-order valence-corrected chi connectivity index (χ3v) is 8.20. The number of nitrogen functional groups attached to an aromatic ring is 1. The first kappa shape index (κ1) is 24.7. The van der Waals surface area contributed by atoms with Crippen LogP contribution in [0.1, 0.15) is 41.9 Å². The number of ether oxygens (including phenoxy) is 1. The zero-order valence-electron chi connectivity index (χ0n) is 21.5. The van der Waals surface area contributed by atoms with Crippen LogP contribution in [-0.2, 0) is 12.8 Å². The topological polar surface area (TPSA) is 35.2 Å². The Labute approximate surface area is 228 Å². The van der Waals surface area contributed by atoms with Crippen molar-refractivity contribution in [3.05, 3.63) is 107 Å². The Morgan fingerprint density at radius 2 is 1.55 bits per heavy atom. The average Bonchev–Trinajstić information content (AvgIpc) is 2.90. The molecule has 0 saturated heterocycles. The molecule has 0 amide bonds. The molecule has 0 aromatic heterocycles. The Morgan fingerprint density at radius 3 is 2.33 bits per heavy atom. The second-order valence-corrected chi connectivity index (χ2v) is 10.7. The maximum absolute atomic E-state index is 16.6. The SMILES string of the molecule is Nc1cc2ccc3cccc4c(-c5ccc(C6CCC6)c(OCc6cccc(C(F)(F)F)c6)c5F)cc(c1)c2c34. The molecule has 0 spiro atoms. The van der Waals surface area contributed by atoms with Crippen LogP contribution in [-0.4, -0.2) is 0 Å². The second-order valence-electron chi connectivity index (χ2n) is 10.7. The summed E-state index contributed by atoms with van der Waals surface area (Å²) in [6.45, 7) is -0.169. The van der Waals surface area contributed by atoms with Crippen molar-refractivity contribution in [2.75, 3.05) is 5.73 Å². The van der Waals surface area contributed by atoms with Crippen LogP contribution < -0.4 is 10.5 Å². The van der Waals surface area contributed by atoms with Crippen LogP contribution in [0.25, 0.3) is 43.4 Å². The van der Waals surface area contributed by atoms with Gasteiger partial charge in [-0.25, -0.2) is 4.39 Å². The average molecular weight is 540 g/mol. The first-order chi connectivity index (χ1) is 19.3. The lowest BCUT2D eigenvalue weighted by atomic mass is 9.79. The number of alkyl halides is 3. The highest BCUT2D eigenvalue weighted by Gasteiger charge is 2.31. The van der Waals surface area contributed by atoms with Crippen LogP contribution in [0.3, 0.4) is 0 Å². The molecule has 6 heteroatoms. The van der Waals surface area contributed by atoms with Crippen molar-refractivity contribution in [2.45, 2.75) is 38.0 Å². The summed E-state index contributed by atoms with van der Waals surface area (Å²) < 4.78 is 62.4. The summed E-state index contributed by atoms with van der Waals surface area (Å²) in [5.74, 6) is -0.221. The van der Waals surface area contributed by atoms with Gasteiger partial charge in [-0.1, -0.05) is 61.0 Å². The summed E-state index contributed by atoms with van der Waals surface area (Å²) in [6.07, 6.45) is -1.56. The van der Waals surface area contributed by atoms with E-state index in [1.54, 1.807) is 6.07 Å². The Bertz CT molecular complexity index is 1910. The van der Waals surface area contributed by atoms with Crippen LogP contribution in [0.4, 0.5) is 23.2 Å². The molecule has 0 atom stereocenters. The number of hydrogen-bond acceptors (Lipinski definition) is 2. The standard InChI is InChI=1S/C34H25F4NO/c35-32-28(29-17-23-16-25(39)15-22-11-10-21-7-3-9-27(29)31(21)30(22)23)13-12-26(20-5-2-6-20)33(32)40-18-19-4-1-8-24(14-19)34(36,37)38/h1,3-4,7-17,20H,2,5-6,18,39H2. The molecule has 0 heterocycles. The highest BCUT2D eigenvalue weighted by atomic mass is 19.4. The highest BCUT2D eigenvalue weighted by Crippen LogP contribution is 2.47. The van der Waals surface area contributed by atoms with Crippen molar-refractivity contribution in [2.24, 2.45) is 0 Å². The predicted octanol–water partition coefficient (Wildman–Crippen LogP) is 9.84. The van der Waals surface area contributed by atoms with Crippen molar-refractivity contribution in [1.29, 1.82) is 0 Å².